The van der Waals surface area contributed by atoms with Crippen molar-refractivity contribution in [2.24, 2.45) is 0 Å². The maximum atomic E-state index is 6.17. The van der Waals surface area contributed by atoms with Crippen LogP contribution in [0.25, 0.3) is 28.1 Å². The molecule has 0 saturated heterocycles. The highest BCUT2D eigenvalue weighted by Gasteiger charge is 2.18. The quantitative estimate of drug-likeness (QED) is 0.536. The largest absolute Gasteiger partial charge is 0.336 e. The highest BCUT2D eigenvalue weighted by atomic mass is 15.4. The summed E-state index contributed by atoms with van der Waals surface area (Å²) in [4.78, 5) is 4.62. The molecule has 0 atom stereocenters. The van der Waals surface area contributed by atoms with E-state index in [1.54, 1.807) is 4.68 Å². The van der Waals surface area contributed by atoms with E-state index < -0.39 is 0 Å². The van der Waals surface area contributed by atoms with Crippen molar-refractivity contribution < 1.29 is 0 Å². The van der Waals surface area contributed by atoms with E-state index in [1.807, 2.05) is 43.3 Å². The first-order valence-electron chi connectivity index (χ1n) is 6.56. The molecule has 0 aliphatic rings. The number of nitrogen functional groups attached to an aromatic ring is 1. The molecule has 20 heavy (non-hydrogen) atoms. The third kappa shape index (κ3) is 1.33. The first-order valence-corrected chi connectivity index (χ1v) is 6.56. The van der Waals surface area contributed by atoms with E-state index in [4.69, 9.17) is 5.84 Å². The average Bonchev–Trinajstić information content (AvgIpc) is 2.97. The van der Waals surface area contributed by atoms with Gasteiger partial charge in [0.05, 0.1) is 22.4 Å². The minimum absolute atomic E-state index is 0.766. The van der Waals surface area contributed by atoms with Crippen LogP contribution in [0.1, 0.15) is 5.69 Å². The average molecular weight is 262 g/mol. The van der Waals surface area contributed by atoms with Crippen LogP contribution in [-0.4, -0.2) is 14.1 Å². The van der Waals surface area contributed by atoms with E-state index in [9.17, 15) is 0 Å². The Labute approximate surface area is 116 Å². The maximum absolute atomic E-state index is 6.17. The smallest absolute Gasteiger partial charge is 0.234 e. The normalized spacial score (nSPS) is 11.4. The summed E-state index contributed by atoms with van der Waals surface area (Å²) in [5, 5.41) is 0. The number of hydrogen-bond donors (Lipinski definition) is 1. The number of rotatable bonds is 1. The summed E-state index contributed by atoms with van der Waals surface area (Å²) in [5.74, 6) is 6.94. The Morgan fingerprint density at radius 1 is 0.950 bits per heavy atom. The summed E-state index contributed by atoms with van der Waals surface area (Å²) in [6.45, 7) is 2.02. The Hall–Kier alpha value is -2.75. The Morgan fingerprint density at radius 2 is 1.65 bits per heavy atom. The molecule has 0 spiro atoms. The third-order valence-corrected chi connectivity index (χ3v) is 3.73. The molecule has 0 amide bonds. The molecule has 0 fully saturated rings. The van der Waals surface area contributed by atoms with Crippen molar-refractivity contribution in [3.05, 3.63) is 60.3 Å². The molecule has 0 aliphatic carbocycles. The lowest BCUT2D eigenvalue weighted by molar-refractivity contribution is 0.977. The summed E-state index contributed by atoms with van der Waals surface area (Å²) in [6.07, 6.45) is 0. The van der Waals surface area contributed by atoms with E-state index in [-0.39, 0.29) is 0 Å². The second-order valence-corrected chi connectivity index (χ2v) is 4.91. The number of fused-ring (bicyclic) bond motifs is 3. The van der Waals surface area contributed by atoms with Gasteiger partial charge in [-0.3, -0.25) is 4.40 Å². The van der Waals surface area contributed by atoms with Gasteiger partial charge >= 0.3 is 0 Å². The fraction of sp³-hybridized carbons (Fsp3) is 0.0625. The number of nitrogens with two attached hydrogens (primary N) is 1. The van der Waals surface area contributed by atoms with Crippen LogP contribution in [0.2, 0.25) is 0 Å². The molecule has 0 radical (unpaired) electrons. The minimum atomic E-state index is 0.766. The molecule has 4 heteroatoms. The van der Waals surface area contributed by atoms with Gasteiger partial charge in [-0.15, -0.1) is 0 Å². The summed E-state index contributed by atoms with van der Waals surface area (Å²) >= 11 is 0. The standard InChI is InChI=1S/C16H14N4/c1-11-15(12-7-3-2-4-8-12)19-14-10-6-5-9-13(14)18-16(19)20(11)17/h2-10H,17H2,1H3. The van der Waals surface area contributed by atoms with Crippen molar-refractivity contribution in [1.29, 1.82) is 0 Å². The molecule has 2 N–H and O–H groups in total. The van der Waals surface area contributed by atoms with Crippen molar-refractivity contribution >= 4 is 16.8 Å². The Kier molecular flexibility index (Phi) is 2.15. The lowest BCUT2D eigenvalue weighted by Crippen LogP contribution is -2.10. The van der Waals surface area contributed by atoms with Crippen molar-refractivity contribution in [2.45, 2.75) is 6.92 Å². The molecule has 0 unspecified atom stereocenters. The van der Waals surface area contributed by atoms with E-state index in [0.717, 1.165) is 33.8 Å². The second kappa shape index (κ2) is 3.87. The summed E-state index contributed by atoms with van der Waals surface area (Å²) in [6, 6.07) is 18.4. The predicted octanol–water partition coefficient (Wildman–Crippen LogP) is 2.98. The minimum Gasteiger partial charge on any atom is -0.336 e. The zero-order chi connectivity index (χ0) is 13.7. The van der Waals surface area contributed by atoms with E-state index >= 15 is 0 Å². The van der Waals surface area contributed by atoms with Gasteiger partial charge in [-0.25, -0.2) is 9.66 Å². The lowest BCUT2D eigenvalue weighted by atomic mass is 10.1. The van der Waals surface area contributed by atoms with E-state index in [1.165, 1.54) is 0 Å². The van der Waals surface area contributed by atoms with Crippen molar-refractivity contribution in [3.8, 4) is 11.3 Å². The van der Waals surface area contributed by atoms with Crippen molar-refractivity contribution in [3.63, 3.8) is 0 Å². The van der Waals surface area contributed by atoms with Crippen LogP contribution < -0.4 is 5.84 Å². The fourth-order valence-electron chi connectivity index (χ4n) is 2.76. The number of hydrogen-bond acceptors (Lipinski definition) is 2. The summed E-state index contributed by atoms with van der Waals surface area (Å²) in [5.41, 5.74) is 5.27. The highest BCUT2D eigenvalue weighted by molar-refractivity contribution is 5.84. The zero-order valence-electron chi connectivity index (χ0n) is 11.1. The first-order chi connectivity index (χ1) is 9.77. The van der Waals surface area contributed by atoms with Crippen molar-refractivity contribution in [2.75, 3.05) is 5.84 Å². The molecule has 2 aromatic carbocycles. The topological polar surface area (TPSA) is 48.2 Å². The van der Waals surface area contributed by atoms with Crippen LogP contribution in [0.5, 0.6) is 0 Å². The number of imidazole rings is 2. The molecule has 98 valence electrons. The first kappa shape index (κ1) is 11.1. The van der Waals surface area contributed by atoms with Crippen LogP contribution in [0, 0.1) is 6.92 Å². The van der Waals surface area contributed by atoms with Crippen LogP contribution in [0.3, 0.4) is 0 Å². The maximum Gasteiger partial charge on any atom is 0.234 e. The number of benzene rings is 2. The Morgan fingerprint density at radius 3 is 2.45 bits per heavy atom. The third-order valence-electron chi connectivity index (χ3n) is 3.73. The highest BCUT2D eigenvalue weighted by Crippen LogP contribution is 2.29. The molecule has 2 aromatic heterocycles. The zero-order valence-corrected chi connectivity index (χ0v) is 11.1. The molecule has 0 saturated carbocycles. The van der Waals surface area contributed by atoms with Gasteiger partial charge in [0.25, 0.3) is 0 Å². The Bertz CT molecular complexity index is 916. The van der Waals surface area contributed by atoms with Gasteiger partial charge < -0.3 is 5.84 Å². The SMILES string of the molecule is Cc1c(-c2ccccc2)n2c3ccccc3nc2n1N. The molecule has 0 aliphatic heterocycles. The lowest BCUT2D eigenvalue weighted by Gasteiger charge is -2.03. The van der Waals surface area contributed by atoms with E-state index in [2.05, 4.69) is 27.6 Å². The van der Waals surface area contributed by atoms with Crippen LogP contribution in [0.4, 0.5) is 0 Å². The molecule has 4 nitrogen and oxygen atoms in total. The van der Waals surface area contributed by atoms with Gasteiger partial charge in [0.1, 0.15) is 0 Å². The van der Waals surface area contributed by atoms with Crippen molar-refractivity contribution in [1.82, 2.24) is 14.1 Å². The second-order valence-electron chi connectivity index (χ2n) is 4.91. The molecule has 0 bridgehead atoms. The summed E-state index contributed by atoms with van der Waals surface area (Å²) in [7, 11) is 0. The van der Waals surface area contributed by atoms with Crippen LogP contribution in [0.15, 0.2) is 54.6 Å². The van der Waals surface area contributed by atoms with Gasteiger partial charge in [0, 0.05) is 5.56 Å². The van der Waals surface area contributed by atoms with Gasteiger partial charge in [-0.05, 0) is 19.1 Å². The van der Waals surface area contributed by atoms with Gasteiger partial charge in [-0.2, -0.15) is 0 Å². The number of nitrogens with zero attached hydrogens (tertiary/aromatic N) is 3. The van der Waals surface area contributed by atoms with Crippen LogP contribution in [-0.2, 0) is 0 Å². The van der Waals surface area contributed by atoms with Gasteiger partial charge in [0.2, 0.25) is 5.78 Å². The molecule has 4 aromatic rings. The number of para-hydroxylation sites is 2. The molecule has 2 heterocycles. The van der Waals surface area contributed by atoms with Crippen LogP contribution >= 0.6 is 0 Å². The number of aromatic nitrogens is 3. The molecular weight excluding hydrogens is 248 g/mol. The van der Waals surface area contributed by atoms with Gasteiger partial charge in [-0.1, -0.05) is 42.5 Å². The van der Waals surface area contributed by atoms with Gasteiger partial charge in [0.15, 0.2) is 0 Å². The fourth-order valence-corrected chi connectivity index (χ4v) is 2.76. The molecule has 4 rings (SSSR count). The predicted molar refractivity (Wildman–Crippen MR) is 81.0 cm³/mol. The molecular formula is C16H14N4. The Balaban J connectivity index is 2.22. The monoisotopic (exact) mass is 262 g/mol. The van der Waals surface area contributed by atoms with E-state index in [0.29, 0.717) is 0 Å². The summed E-state index contributed by atoms with van der Waals surface area (Å²) < 4.78 is 3.78.